The first-order valence-electron chi connectivity index (χ1n) is 8.69. The van der Waals surface area contributed by atoms with Crippen molar-refractivity contribution in [2.75, 3.05) is 0 Å². The maximum atomic E-state index is 14.1. The number of imide groups is 1. The number of amides is 2. The second-order valence-corrected chi connectivity index (χ2v) is 7.21. The van der Waals surface area contributed by atoms with Gasteiger partial charge in [-0.15, -0.1) is 11.8 Å². The van der Waals surface area contributed by atoms with E-state index in [1.165, 1.54) is 17.8 Å². The first-order valence-corrected chi connectivity index (χ1v) is 9.68. The molecule has 0 unspecified atom stereocenters. The molecular weight excluding hydrogens is 377 g/mol. The van der Waals surface area contributed by atoms with Crippen molar-refractivity contribution in [3.05, 3.63) is 101 Å². The third kappa shape index (κ3) is 3.51. The number of hydrogen-bond donors (Lipinski definition) is 0. The van der Waals surface area contributed by atoms with Gasteiger partial charge in [-0.25, -0.2) is 4.39 Å². The summed E-state index contributed by atoms with van der Waals surface area (Å²) in [5.41, 5.74) is 1.31. The van der Waals surface area contributed by atoms with Gasteiger partial charge in [-0.1, -0.05) is 48.5 Å². The molecule has 2 amide bonds. The van der Waals surface area contributed by atoms with Gasteiger partial charge in [0.1, 0.15) is 11.6 Å². The fourth-order valence-electron chi connectivity index (χ4n) is 3.03. The van der Waals surface area contributed by atoms with Gasteiger partial charge < -0.3 is 4.42 Å². The van der Waals surface area contributed by atoms with Gasteiger partial charge in [-0.3, -0.25) is 14.5 Å². The molecule has 1 aromatic heterocycles. The Bertz CT molecular complexity index is 1040. The molecule has 0 atom stereocenters. The van der Waals surface area contributed by atoms with Crippen molar-refractivity contribution in [2.24, 2.45) is 0 Å². The van der Waals surface area contributed by atoms with Gasteiger partial charge in [-0.2, -0.15) is 0 Å². The lowest BCUT2D eigenvalue weighted by atomic mass is 10.1. The number of carbonyl (C=O) groups is 2. The zero-order valence-electron chi connectivity index (χ0n) is 14.8. The van der Waals surface area contributed by atoms with E-state index in [4.69, 9.17) is 4.42 Å². The van der Waals surface area contributed by atoms with Crippen molar-refractivity contribution >= 4 is 29.1 Å². The lowest BCUT2D eigenvalue weighted by Gasteiger charge is -2.15. The lowest BCUT2D eigenvalue weighted by Crippen LogP contribution is -2.31. The van der Waals surface area contributed by atoms with E-state index in [1.807, 2.05) is 24.3 Å². The summed E-state index contributed by atoms with van der Waals surface area (Å²) < 4.78 is 19.4. The van der Waals surface area contributed by atoms with Crippen molar-refractivity contribution in [1.29, 1.82) is 0 Å². The molecule has 4 nitrogen and oxygen atoms in total. The SMILES string of the molecule is O=C1C(SCc2ccco2)=C(c2ccccc2)C(=O)N1Cc1ccccc1F. The molecule has 6 heteroatoms. The molecule has 28 heavy (non-hydrogen) atoms. The zero-order valence-corrected chi connectivity index (χ0v) is 15.6. The van der Waals surface area contributed by atoms with Crippen molar-refractivity contribution in [3.63, 3.8) is 0 Å². The van der Waals surface area contributed by atoms with E-state index in [0.29, 0.717) is 33.1 Å². The Morgan fingerprint density at radius 2 is 1.64 bits per heavy atom. The van der Waals surface area contributed by atoms with Crippen LogP contribution in [0.5, 0.6) is 0 Å². The summed E-state index contributed by atoms with van der Waals surface area (Å²) in [5.74, 6) is -0.144. The molecule has 4 rings (SSSR count). The van der Waals surface area contributed by atoms with Crippen LogP contribution < -0.4 is 0 Å². The Kier molecular flexibility index (Phi) is 5.12. The minimum Gasteiger partial charge on any atom is -0.468 e. The van der Waals surface area contributed by atoms with Crippen LogP contribution in [0, 0.1) is 5.82 Å². The van der Waals surface area contributed by atoms with E-state index in [2.05, 4.69) is 0 Å². The van der Waals surface area contributed by atoms with Gasteiger partial charge in [0.05, 0.1) is 29.0 Å². The average Bonchev–Trinajstić information content (AvgIpc) is 3.31. The van der Waals surface area contributed by atoms with E-state index >= 15 is 0 Å². The van der Waals surface area contributed by atoms with Crippen molar-refractivity contribution in [3.8, 4) is 0 Å². The highest BCUT2D eigenvalue weighted by Crippen LogP contribution is 2.38. The average molecular weight is 393 g/mol. The van der Waals surface area contributed by atoms with Crippen molar-refractivity contribution < 1.29 is 18.4 Å². The maximum absolute atomic E-state index is 14.1. The molecule has 2 heterocycles. The number of rotatable bonds is 6. The van der Waals surface area contributed by atoms with Gasteiger partial charge in [0.15, 0.2) is 0 Å². The van der Waals surface area contributed by atoms with Crippen LogP contribution in [-0.2, 0) is 21.9 Å². The third-order valence-electron chi connectivity index (χ3n) is 4.41. The Morgan fingerprint density at radius 3 is 2.36 bits per heavy atom. The highest BCUT2D eigenvalue weighted by atomic mass is 32.2. The Labute approximate surface area is 165 Å². The summed E-state index contributed by atoms with van der Waals surface area (Å²) in [6.45, 7) is -0.106. The molecule has 0 N–H and O–H groups in total. The first-order chi connectivity index (χ1) is 13.6. The fraction of sp³-hybridized carbons (Fsp3) is 0.0909. The summed E-state index contributed by atoms with van der Waals surface area (Å²) >= 11 is 1.26. The third-order valence-corrected chi connectivity index (χ3v) is 5.51. The van der Waals surface area contributed by atoms with Crippen molar-refractivity contribution in [2.45, 2.75) is 12.3 Å². The Hall–Kier alpha value is -3.12. The molecule has 0 bridgehead atoms. The molecular formula is C22H16FNO3S. The molecule has 1 aliphatic heterocycles. The van der Waals surface area contributed by atoms with Crippen LogP contribution in [0.4, 0.5) is 4.39 Å². The van der Waals surface area contributed by atoms with E-state index < -0.39 is 17.6 Å². The largest absolute Gasteiger partial charge is 0.468 e. The van der Waals surface area contributed by atoms with Crippen LogP contribution in [0.3, 0.4) is 0 Å². The first kappa shape index (κ1) is 18.3. The molecule has 0 spiro atoms. The maximum Gasteiger partial charge on any atom is 0.268 e. The Morgan fingerprint density at radius 1 is 0.893 bits per heavy atom. The quantitative estimate of drug-likeness (QED) is 0.573. The van der Waals surface area contributed by atoms with Crippen LogP contribution in [-0.4, -0.2) is 16.7 Å². The summed E-state index contributed by atoms with van der Waals surface area (Å²) in [5, 5.41) is 0. The molecule has 3 aromatic rings. The highest BCUT2D eigenvalue weighted by Gasteiger charge is 2.39. The number of thioether (sulfide) groups is 1. The molecule has 0 saturated carbocycles. The van der Waals surface area contributed by atoms with Crippen LogP contribution in [0.1, 0.15) is 16.9 Å². The molecule has 1 aliphatic rings. The molecule has 0 radical (unpaired) electrons. The highest BCUT2D eigenvalue weighted by molar-refractivity contribution is 8.03. The Balaban J connectivity index is 1.67. The van der Waals surface area contributed by atoms with Gasteiger partial charge in [0.2, 0.25) is 0 Å². The number of halogens is 1. The fourth-order valence-corrected chi connectivity index (χ4v) is 4.06. The number of carbonyl (C=O) groups excluding carboxylic acids is 2. The number of hydrogen-bond acceptors (Lipinski definition) is 4. The van der Waals surface area contributed by atoms with Crippen LogP contribution in [0.15, 0.2) is 82.3 Å². The molecule has 2 aromatic carbocycles. The van der Waals surface area contributed by atoms with Gasteiger partial charge in [-0.05, 0) is 23.8 Å². The van der Waals surface area contributed by atoms with Crippen LogP contribution in [0.25, 0.3) is 5.57 Å². The van der Waals surface area contributed by atoms with E-state index in [9.17, 15) is 14.0 Å². The summed E-state index contributed by atoms with van der Waals surface area (Å²) in [7, 11) is 0. The summed E-state index contributed by atoms with van der Waals surface area (Å²) in [6, 6.07) is 18.8. The van der Waals surface area contributed by atoms with E-state index in [0.717, 1.165) is 4.90 Å². The minimum atomic E-state index is -0.443. The molecule has 0 fully saturated rings. The summed E-state index contributed by atoms with van der Waals surface area (Å²) in [6.07, 6.45) is 1.56. The predicted molar refractivity (Wildman–Crippen MR) is 105 cm³/mol. The predicted octanol–water partition coefficient (Wildman–Crippen LogP) is 4.63. The van der Waals surface area contributed by atoms with E-state index in [-0.39, 0.29) is 6.54 Å². The van der Waals surface area contributed by atoms with Crippen LogP contribution in [0.2, 0.25) is 0 Å². The molecule has 0 aliphatic carbocycles. The van der Waals surface area contributed by atoms with Crippen LogP contribution >= 0.6 is 11.8 Å². The monoisotopic (exact) mass is 393 g/mol. The topological polar surface area (TPSA) is 50.5 Å². The number of benzene rings is 2. The molecule has 140 valence electrons. The number of nitrogens with zero attached hydrogens (tertiary/aromatic N) is 1. The summed E-state index contributed by atoms with van der Waals surface area (Å²) in [4.78, 5) is 27.6. The van der Waals surface area contributed by atoms with Gasteiger partial charge >= 0.3 is 0 Å². The normalized spacial score (nSPS) is 14.2. The molecule has 0 saturated heterocycles. The number of furan rings is 1. The second-order valence-electron chi connectivity index (χ2n) is 6.23. The minimum absolute atomic E-state index is 0.106. The van der Waals surface area contributed by atoms with Crippen molar-refractivity contribution in [1.82, 2.24) is 4.90 Å². The van der Waals surface area contributed by atoms with E-state index in [1.54, 1.807) is 42.7 Å². The second kappa shape index (κ2) is 7.86. The smallest absolute Gasteiger partial charge is 0.268 e. The van der Waals surface area contributed by atoms with Gasteiger partial charge in [0, 0.05) is 5.56 Å². The standard InChI is InChI=1S/C22H16FNO3S/c23-18-11-5-4-9-16(18)13-24-21(25)19(15-7-2-1-3-8-15)20(22(24)26)28-14-17-10-6-12-27-17/h1-12H,13-14H2. The zero-order chi connectivity index (χ0) is 19.5. The lowest BCUT2D eigenvalue weighted by molar-refractivity contribution is -0.137. The van der Waals surface area contributed by atoms with Gasteiger partial charge in [0.25, 0.3) is 11.8 Å².